The molecule has 1 atom stereocenters. The van der Waals surface area contributed by atoms with Gasteiger partial charge >= 0.3 is 12.1 Å². The van der Waals surface area contributed by atoms with E-state index < -0.39 is 24.1 Å². The number of carbonyl (C=O) groups excluding carboxylic acids is 1. The summed E-state index contributed by atoms with van der Waals surface area (Å²) >= 11 is 0. The number of methoxy groups -OCH3 is 1. The van der Waals surface area contributed by atoms with E-state index in [1.807, 2.05) is 0 Å². The maximum Gasteiger partial charge on any atom is 0.390 e. The first-order valence-electron chi connectivity index (χ1n) is 3.46. The van der Waals surface area contributed by atoms with Gasteiger partial charge in [0, 0.05) is 4.91 Å². The summed E-state index contributed by atoms with van der Waals surface area (Å²) in [7, 11) is 0.920. The molecule has 0 fully saturated rings. The lowest BCUT2D eigenvalue weighted by atomic mass is 9.99. The number of alkyl halides is 3. The predicted molar refractivity (Wildman–Crippen MR) is 40.2 cm³/mol. The number of carbonyl (C=O) groups is 1. The molecule has 0 N–H and O–H groups in total. The van der Waals surface area contributed by atoms with Crippen molar-refractivity contribution in [2.45, 2.75) is 25.1 Å². The first-order valence-corrected chi connectivity index (χ1v) is 3.46. The molecule has 0 aromatic rings. The summed E-state index contributed by atoms with van der Waals surface area (Å²) in [6, 6.07) is 0. The Bertz CT molecular complexity index is 272. The summed E-state index contributed by atoms with van der Waals surface area (Å²) in [4.78, 5) is 13.1. The van der Waals surface area contributed by atoms with Crippen LogP contribution in [0.3, 0.4) is 0 Å². The average Bonchev–Trinajstić information content (AvgIpc) is 2.00. The second kappa shape index (κ2) is 4.19. The van der Waals surface area contributed by atoms with Gasteiger partial charge in [-0.05, 0) is 12.5 Å². The molecule has 0 rings (SSSR count). The van der Waals surface area contributed by atoms with Gasteiger partial charge in [0.1, 0.15) is 0 Å². The summed E-state index contributed by atoms with van der Waals surface area (Å²) in [6.07, 6.45) is -6.14. The average molecular weight is 211 g/mol. The van der Waals surface area contributed by atoms with Crippen molar-refractivity contribution in [3.05, 3.63) is 10.4 Å². The Morgan fingerprint density at radius 1 is 1.57 bits per heavy atom. The third-order valence-corrected chi connectivity index (χ3v) is 1.44. The number of azide groups is 1. The van der Waals surface area contributed by atoms with E-state index in [1.165, 1.54) is 0 Å². The maximum atomic E-state index is 12.0. The highest BCUT2D eigenvalue weighted by Gasteiger charge is 2.44. The molecule has 0 radical (unpaired) electrons. The number of nitrogens with zero attached hydrogens (tertiary/aromatic N) is 3. The minimum absolute atomic E-state index is 0.867. The van der Waals surface area contributed by atoms with Crippen LogP contribution in [0.1, 0.15) is 13.3 Å². The van der Waals surface area contributed by atoms with E-state index in [0.29, 0.717) is 0 Å². The first-order chi connectivity index (χ1) is 6.25. The van der Waals surface area contributed by atoms with Crippen molar-refractivity contribution in [1.29, 1.82) is 0 Å². The molecule has 0 bridgehead atoms. The lowest BCUT2D eigenvalue weighted by Crippen LogP contribution is -2.38. The van der Waals surface area contributed by atoms with Crippen molar-refractivity contribution < 1.29 is 22.7 Å². The van der Waals surface area contributed by atoms with Gasteiger partial charge in [-0.25, -0.2) is 0 Å². The van der Waals surface area contributed by atoms with Gasteiger partial charge in [-0.3, -0.25) is 4.79 Å². The predicted octanol–water partition coefficient (Wildman–Crippen LogP) is 2.18. The number of rotatable bonds is 3. The zero-order valence-corrected chi connectivity index (χ0v) is 7.50. The molecule has 0 spiro atoms. The molecular formula is C6H8F3N3O2. The summed E-state index contributed by atoms with van der Waals surface area (Å²) < 4.78 is 40.0. The largest absolute Gasteiger partial charge is 0.468 e. The van der Waals surface area contributed by atoms with E-state index in [4.69, 9.17) is 5.53 Å². The zero-order chi connectivity index (χ0) is 11.4. The number of esters is 1. The number of hydrogen-bond acceptors (Lipinski definition) is 3. The van der Waals surface area contributed by atoms with Gasteiger partial charge in [0.15, 0.2) is 5.54 Å². The van der Waals surface area contributed by atoms with Crippen molar-refractivity contribution >= 4 is 5.97 Å². The highest BCUT2D eigenvalue weighted by atomic mass is 19.4. The number of ether oxygens (including phenoxy) is 1. The second-order valence-electron chi connectivity index (χ2n) is 2.75. The molecule has 8 heteroatoms. The molecule has 0 aliphatic carbocycles. The van der Waals surface area contributed by atoms with E-state index >= 15 is 0 Å². The number of halogens is 3. The summed E-state index contributed by atoms with van der Waals surface area (Å²) in [5, 5.41) is 2.80. The fraction of sp³-hybridized carbons (Fsp3) is 0.833. The SMILES string of the molecule is COC(=O)[C@](C)(CC(F)(F)F)N=[N+]=[N-]. The monoisotopic (exact) mass is 211 g/mol. The van der Waals surface area contributed by atoms with Crippen LogP contribution in [0.25, 0.3) is 10.4 Å². The molecule has 0 unspecified atom stereocenters. The molecule has 0 aliphatic heterocycles. The van der Waals surface area contributed by atoms with Crippen molar-refractivity contribution in [2.75, 3.05) is 7.11 Å². The van der Waals surface area contributed by atoms with E-state index in [2.05, 4.69) is 14.8 Å². The highest BCUT2D eigenvalue weighted by Crippen LogP contribution is 2.30. The van der Waals surface area contributed by atoms with Gasteiger partial charge in [-0.15, -0.1) is 0 Å². The fourth-order valence-electron chi connectivity index (χ4n) is 0.857. The van der Waals surface area contributed by atoms with Gasteiger partial charge in [-0.1, -0.05) is 5.11 Å². The molecule has 0 aliphatic rings. The quantitative estimate of drug-likeness (QED) is 0.310. The van der Waals surface area contributed by atoms with Gasteiger partial charge in [0.05, 0.1) is 13.5 Å². The van der Waals surface area contributed by atoms with Crippen LogP contribution in [0, 0.1) is 0 Å². The minimum atomic E-state index is -4.60. The van der Waals surface area contributed by atoms with Crippen molar-refractivity contribution in [3.8, 4) is 0 Å². The van der Waals surface area contributed by atoms with Gasteiger partial charge in [-0.2, -0.15) is 13.2 Å². The smallest absolute Gasteiger partial charge is 0.390 e. The molecule has 0 saturated carbocycles. The summed E-state index contributed by atoms with van der Waals surface area (Å²) in [6.45, 7) is 0.867. The van der Waals surface area contributed by atoms with Crippen molar-refractivity contribution in [2.24, 2.45) is 5.11 Å². The molecule has 0 aromatic heterocycles. The lowest BCUT2D eigenvalue weighted by Gasteiger charge is -2.21. The Labute approximate surface area is 77.5 Å². The lowest BCUT2D eigenvalue weighted by molar-refractivity contribution is -0.167. The molecule has 0 amide bonds. The van der Waals surface area contributed by atoms with E-state index in [0.717, 1.165) is 14.0 Å². The Hall–Kier alpha value is -1.43. The highest BCUT2D eigenvalue weighted by molar-refractivity contribution is 5.80. The van der Waals surface area contributed by atoms with Crippen LogP contribution in [0.5, 0.6) is 0 Å². The van der Waals surface area contributed by atoms with Crippen LogP contribution < -0.4 is 0 Å². The second-order valence-corrected chi connectivity index (χ2v) is 2.75. The Morgan fingerprint density at radius 3 is 2.36 bits per heavy atom. The molecule has 0 heterocycles. The van der Waals surface area contributed by atoms with Crippen LogP contribution in [0.4, 0.5) is 13.2 Å². The summed E-state index contributed by atoms with van der Waals surface area (Å²) in [5.41, 5.74) is 5.79. The molecule has 5 nitrogen and oxygen atoms in total. The minimum Gasteiger partial charge on any atom is -0.468 e. The van der Waals surface area contributed by atoms with Gasteiger partial charge < -0.3 is 4.74 Å². The zero-order valence-electron chi connectivity index (χ0n) is 7.50. The van der Waals surface area contributed by atoms with Gasteiger partial charge in [0.25, 0.3) is 0 Å². The molecule has 0 aromatic carbocycles. The van der Waals surface area contributed by atoms with E-state index in [9.17, 15) is 18.0 Å². The van der Waals surface area contributed by atoms with Crippen LogP contribution in [-0.2, 0) is 9.53 Å². The Balaban J connectivity index is 4.91. The van der Waals surface area contributed by atoms with E-state index in [-0.39, 0.29) is 0 Å². The normalized spacial score (nSPS) is 15.2. The van der Waals surface area contributed by atoms with Crippen LogP contribution in [-0.4, -0.2) is 24.8 Å². The maximum absolute atomic E-state index is 12.0. The molecule has 0 saturated heterocycles. The van der Waals surface area contributed by atoms with Crippen LogP contribution >= 0.6 is 0 Å². The fourth-order valence-corrected chi connectivity index (χ4v) is 0.857. The topological polar surface area (TPSA) is 75.1 Å². The van der Waals surface area contributed by atoms with E-state index in [1.54, 1.807) is 0 Å². The standard InChI is InChI=1S/C6H8F3N3O2/c1-5(11-12-10,4(13)14-2)3-6(7,8)9/h3H2,1-2H3/t5-/m0/s1. The Morgan fingerprint density at radius 2 is 2.07 bits per heavy atom. The van der Waals surface area contributed by atoms with Crippen molar-refractivity contribution in [3.63, 3.8) is 0 Å². The Kier molecular flexibility index (Phi) is 3.76. The molecule has 14 heavy (non-hydrogen) atoms. The molecular weight excluding hydrogens is 203 g/mol. The van der Waals surface area contributed by atoms with Gasteiger partial charge in [0.2, 0.25) is 0 Å². The third kappa shape index (κ3) is 3.53. The first kappa shape index (κ1) is 12.6. The third-order valence-electron chi connectivity index (χ3n) is 1.44. The molecule has 80 valence electrons. The number of hydrogen-bond donors (Lipinski definition) is 0. The van der Waals surface area contributed by atoms with Crippen molar-refractivity contribution in [1.82, 2.24) is 0 Å². The van der Waals surface area contributed by atoms with Crippen LogP contribution in [0.15, 0.2) is 5.11 Å². The van der Waals surface area contributed by atoms with Crippen LogP contribution in [0.2, 0.25) is 0 Å². The summed E-state index contributed by atoms with van der Waals surface area (Å²) in [5.74, 6) is -1.22.